The van der Waals surface area contributed by atoms with Crippen molar-refractivity contribution in [1.29, 1.82) is 0 Å². The van der Waals surface area contributed by atoms with Crippen molar-refractivity contribution >= 4 is 11.8 Å². The first-order valence-electron chi connectivity index (χ1n) is 7.01. The minimum absolute atomic E-state index is 0.315. The van der Waals surface area contributed by atoms with E-state index in [1.165, 1.54) is 23.9 Å². The van der Waals surface area contributed by atoms with E-state index in [2.05, 4.69) is 21.8 Å². The largest absolute Gasteiger partial charge is 0.444 e. The van der Waals surface area contributed by atoms with Crippen LogP contribution >= 0.6 is 11.8 Å². The summed E-state index contributed by atoms with van der Waals surface area (Å²) in [6.45, 7) is 6.30. The standard InChI is InChI=1S/C16H15FN4OS/c1-3-7-21-11(2)19-20-16(21)23-10-14-9-22-15(18-14)12-5-4-6-13(17)8-12/h3-6,8-9H,1,7,10H2,2H3. The Morgan fingerprint density at radius 3 is 3.04 bits per heavy atom. The van der Waals surface area contributed by atoms with Crippen molar-refractivity contribution in [3.63, 3.8) is 0 Å². The highest BCUT2D eigenvalue weighted by Crippen LogP contribution is 2.24. The van der Waals surface area contributed by atoms with Crippen molar-refractivity contribution in [2.45, 2.75) is 24.4 Å². The second kappa shape index (κ2) is 6.78. The van der Waals surface area contributed by atoms with Gasteiger partial charge in [-0.1, -0.05) is 23.9 Å². The van der Waals surface area contributed by atoms with Gasteiger partial charge in [0, 0.05) is 17.9 Å². The number of benzene rings is 1. The van der Waals surface area contributed by atoms with Gasteiger partial charge in [0.15, 0.2) is 5.16 Å². The van der Waals surface area contributed by atoms with Gasteiger partial charge in [-0.2, -0.15) is 0 Å². The van der Waals surface area contributed by atoms with Gasteiger partial charge in [-0.15, -0.1) is 16.8 Å². The van der Waals surface area contributed by atoms with E-state index >= 15 is 0 Å². The van der Waals surface area contributed by atoms with Crippen LogP contribution in [0.5, 0.6) is 0 Å². The maximum absolute atomic E-state index is 13.2. The summed E-state index contributed by atoms with van der Waals surface area (Å²) in [6, 6.07) is 6.17. The Morgan fingerprint density at radius 2 is 2.26 bits per heavy atom. The minimum atomic E-state index is -0.315. The fraction of sp³-hybridized carbons (Fsp3) is 0.188. The van der Waals surface area contributed by atoms with Crippen LogP contribution in [0.15, 0.2) is 52.8 Å². The van der Waals surface area contributed by atoms with E-state index in [4.69, 9.17) is 4.42 Å². The number of hydrogen-bond acceptors (Lipinski definition) is 5. The van der Waals surface area contributed by atoms with Gasteiger partial charge >= 0.3 is 0 Å². The normalized spacial score (nSPS) is 10.9. The predicted molar refractivity (Wildman–Crippen MR) is 86.4 cm³/mol. The molecule has 0 aliphatic carbocycles. The van der Waals surface area contributed by atoms with E-state index < -0.39 is 0 Å². The molecule has 0 atom stereocenters. The van der Waals surface area contributed by atoms with Gasteiger partial charge in [-0.3, -0.25) is 0 Å². The van der Waals surface area contributed by atoms with Crippen molar-refractivity contribution in [3.8, 4) is 11.5 Å². The van der Waals surface area contributed by atoms with Crippen molar-refractivity contribution in [2.24, 2.45) is 0 Å². The van der Waals surface area contributed by atoms with Gasteiger partial charge in [0.25, 0.3) is 0 Å². The Balaban J connectivity index is 1.71. The van der Waals surface area contributed by atoms with E-state index in [9.17, 15) is 4.39 Å². The second-order valence-electron chi connectivity index (χ2n) is 4.87. The summed E-state index contributed by atoms with van der Waals surface area (Å²) >= 11 is 1.52. The molecule has 3 aromatic rings. The van der Waals surface area contributed by atoms with Gasteiger partial charge in [0.1, 0.15) is 17.9 Å². The maximum atomic E-state index is 13.2. The number of halogens is 1. The molecule has 1 aromatic carbocycles. The molecule has 2 heterocycles. The lowest BCUT2D eigenvalue weighted by molar-refractivity contribution is 0.571. The van der Waals surface area contributed by atoms with Crippen LogP contribution < -0.4 is 0 Å². The number of oxazole rings is 1. The molecule has 0 N–H and O–H groups in total. The highest BCUT2D eigenvalue weighted by Gasteiger charge is 2.11. The van der Waals surface area contributed by atoms with E-state index in [1.54, 1.807) is 24.5 Å². The summed E-state index contributed by atoms with van der Waals surface area (Å²) in [5.74, 6) is 1.52. The van der Waals surface area contributed by atoms with E-state index in [0.29, 0.717) is 23.8 Å². The Morgan fingerprint density at radius 1 is 1.39 bits per heavy atom. The molecule has 0 unspecified atom stereocenters. The molecule has 0 spiro atoms. The molecule has 0 aliphatic rings. The average molecular weight is 330 g/mol. The van der Waals surface area contributed by atoms with Gasteiger partial charge < -0.3 is 8.98 Å². The van der Waals surface area contributed by atoms with Crippen molar-refractivity contribution in [3.05, 3.63) is 60.5 Å². The fourth-order valence-electron chi connectivity index (χ4n) is 2.07. The third-order valence-electron chi connectivity index (χ3n) is 3.19. The highest BCUT2D eigenvalue weighted by atomic mass is 32.2. The van der Waals surface area contributed by atoms with Crippen LogP contribution in [0.2, 0.25) is 0 Å². The Hall–Kier alpha value is -2.41. The molecule has 118 valence electrons. The van der Waals surface area contributed by atoms with Crippen molar-refractivity contribution in [1.82, 2.24) is 19.7 Å². The first-order chi connectivity index (χ1) is 11.2. The summed E-state index contributed by atoms with van der Waals surface area (Å²) in [4.78, 5) is 4.39. The SMILES string of the molecule is C=CCn1c(C)nnc1SCc1coc(-c2cccc(F)c2)n1. The van der Waals surface area contributed by atoms with E-state index in [-0.39, 0.29) is 5.82 Å². The van der Waals surface area contributed by atoms with Crippen LogP contribution in [0.1, 0.15) is 11.5 Å². The van der Waals surface area contributed by atoms with Crippen LogP contribution in [0.4, 0.5) is 4.39 Å². The van der Waals surface area contributed by atoms with Crippen LogP contribution in [0.25, 0.3) is 11.5 Å². The maximum Gasteiger partial charge on any atom is 0.226 e. The molecule has 2 aromatic heterocycles. The minimum Gasteiger partial charge on any atom is -0.444 e. The highest BCUT2D eigenvalue weighted by molar-refractivity contribution is 7.98. The lowest BCUT2D eigenvalue weighted by Crippen LogP contribution is -2.00. The first-order valence-corrected chi connectivity index (χ1v) is 8.00. The summed E-state index contributed by atoms with van der Waals surface area (Å²) in [6.07, 6.45) is 3.38. The third-order valence-corrected chi connectivity index (χ3v) is 4.19. The summed E-state index contributed by atoms with van der Waals surface area (Å²) in [7, 11) is 0. The molecule has 5 nitrogen and oxygen atoms in total. The summed E-state index contributed by atoms with van der Waals surface area (Å²) in [5.41, 5.74) is 1.38. The number of aromatic nitrogens is 4. The molecule has 0 radical (unpaired) electrons. The fourth-order valence-corrected chi connectivity index (χ4v) is 2.94. The predicted octanol–water partition coefficient (Wildman–Crippen LogP) is 3.86. The van der Waals surface area contributed by atoms with Gasteiger partial charge in [0.05, 0.1) is 5.69 Å². The number of nitrogens with zero attached hydrogens (tertiary/aromatic N) is 4. The van der Waals surface area contributed by atoms with Gasteiger partial charge in [0.2, 0.25) is 5.89 Å². The monoisotopic (exact) mass is 330 g/mol. The molecule has 0 aliphatic heterocycles. The third kappa shape index (κ3) is 3.50. The Labute approximate surface area is 137 Å². The quantitative estimate of drug-likeness (QED) is 0.507. The Bertz CT molecular complexity index is 827. The molecule has 0 fully saturated rings. The van der Waals surface area contributed by atoms with Crippen molar-refractivity contribution < 1.29 is 8.81 Å². The second-order valence-corrected chi connectivity index (χ2v) is 5.81. The average Bonchev–Trinajstić information content (AvgIpc) is 3.14. The molecule has 23 heavy (non-hydrogen) atoms. The van der Waals surface area contributed by atoms with Gasteiger partial charge in [-0.05, 0) is 25.1 Å². The molecule has 0 saturated heterocycles. The zero-order valence-electron chi connectivity index (χ0n) is 12.6. The van der Waals surface area contributed by atoms with Crippen LogP contribution in [-0.4, -0.2) is 19.7 Å². The zero-order chi connectivity index (χ0) is 16.2. The molecular weight excluding hydrogens is 315 g/mol. The van der Waals surface area contributed by atoms with Crippen LogP contribution in [0.3, 0.4) is 0 Å². The number of aryl methyl sites for hydroxylation is 1. The Kier molecular flexibility index (Phi) is 4.57. The lowest BCUT2D eigenvalue weighted by Gasteiger charge is -2.03. The van der Waals surface area contributed by atoms with Crippen LogP contribution in [-0.2, 0) is 12.3 Å². The zero-order valence-corrected chi connectivity index (χ0v) is 13.4. The number of hydrogen-bond donors (Lipinski definition) is 0. The summed E-state index contributed by atoms with van der Waals surface area (Å²) < 4.78 is 20.7. The summed E-state index contributed by atoms with van der Waals surface area (Å²) in [5, 5.41) is 9.02. The number of rotatable bonds is 6. The molecule has 0 saturated carbocycles. The first kappa shape index (κ1) is 15.5. The number of thioether (sulfide) groups is 1. The van der Waals surface area contributed by atoms with Gasteiger partial charge in [-0.25, -0.2) is 9.37 Å². The topological polar surface area (TPSA) is 56.7 Å². The smallest absolute Gasteiger partial charge is 0.226 e. The lowest BCUT2D eigenvalue weighted by atomic mass is 10.2. The molecule has 0 bridgehead atoms. The molecule has 3 rings (SSSR count). The van der Waals surface area contributed by atoms with Crippen molar-refractivity contribution in [2.75, 3.05) is 0 Å². The number of allylic oxidation sites excluding steroid dienone is 1. The molecule has 7 heteroatoms. The van der Waals surface area contributed by atoms with E-state index in [1.807, 2.05) is 11.5 Å². The molecular formula is C16H15FN4OS. The van der Waals surface area contributed by atoms with Crippen LogP contribution in [0, 0.1) is 12.7 Å². The molecule has 0 amide bonds. The van der Waals surface area contributed by atoms with E-state index in [0.717, 1.165) is 16.7 Å².